The number of hydrogen-bond acceptors (Lipinski definition) is 8. The SMILES string of the molecule is NC(CS)C(=O)N1CCCC1C(=O)NC(Cc1ccc(O)cc1)C(=O)NC(CCC(=O)O)C(=O)O. The number of likely N-dealkylation sites (tertiary alicyclic amines) is 1. The van der Waals surface area contributed by atoms with Crippen LogP contribution in [0.15, 0.2) is 24.3 Å². The molecule has 0 spiro atoms. The third kappa shape index (κ3) is 8.14. The summed E-state index contributed by atoms with van der Waals surface area (Å²) in [5.74, 6) is -4.39. The standard InChI is InChI=1S/C22H30N4O8S/c23-14(11-35)21(32)26-9-1-2-17(26)20(31)25-16(10-12-3-5-13(27)6-4-12)19(30)24-15(22(33)34)7-8-18(28)29/h3-6,14-17,27,35H,1-2,7-11,23H2,(H,24,30)(H,25,31)(H,28,29)(H,33,34). The molecule has 13 heteroatoms. The molecule has 3 amide bonds. The number of nitrogens with zero attached hydrogens (tertiary/aromatic N) is 1. The van der Waals surface area contributed by atoms with E-state index >= 15 is 0 Å². The van der Waals surface area contributed by atoms with Crippen molar-refractivity contribution in [1.29, 1.82) is 0 Å². The van der Waals surface area contributed by atoms with Crippen LogP contribution in [0.4, 0.5) is 0 Å². The highest BCUT2D eigenvalue weighted by atomic mass is 32.1. The number of phenolic OH excluding ortho intramolecular Hbond substituents is 1. The summed E-state index contributed by atoms with van der Waals surface area (Å²) in [6.45, 7) is 0.323. The summed E-state index contributed by atoms with van der Waals surface area (Å²) in [6, 6.07) is 1.44. The Hall–Kier alpha value is -3.32. The maximum absolute atomic E-state index is 13.1. The van der Waals surface area contributed by atoms with Gasteiger partial charge in [0.05, 0.1) is 6.04 Å². The fourth-order valence-corrected chi connectivity index (χ4v) is 3.89. The van der Waals surface area contributed by atoms with E-state index in [1.54, 1.807) is 0 Å². The van der Waals surface area contributed by atoms with Crippen LogP contribution >= 0.6 is 12.6 Å². The molecule has 0 saturated carbocycles. The maximum atomic E-state index is 13.1. The molecule has 192 valence electrons. The Kier molecular flexibility index (Phi) is 10.3. The number of carboxylic acids is 2. The molecule has 2 rings (SSSR count). The minimum absolute atomic E-state index is 0.000892. The molecule has 1 heterocycles. The Morgan fingerprint density at radius 2 is 1.74 bits per heavy atom. The summed E-state index contributed by atoms with van der Waals surface area (Å²) in [6.07, 6.45) is 0.0640. The van der Waals surface area contributed by atoms with Crippen LogP contribution in [0.5, 0.6) is 5.75 Å². The number of benzene rings is 1. The van der Waals surface area contributed by atoms with Crippen molar-refractivity contribution in [3.63, 3.8) is 0 Å². The minimum Gasteiger partial charge on any atom is -0.508 e. The molecule has 1 saturated heterocycles. The van der Waals surface area contributed by atoms with E-state index in [4.69, 9.17) is 10.8 Å². The lowest BCUT2D eigenvalue weighted by atomic mass is 10.0. The van der Waals surface area contributed by atoms with E-state index in [0.717, 1.165) is 0 Å². The Labute approximate surface area is 207 Å². The number of aliphatic carboxylic acids is 2. The number of carboxylic acid groups (broad SMARTS) is 2. The van der Waals surface area contributed by atoms with Gasteiger partial charge in [0.25, 0.3) is 0 Å². The lowest BCUT2D eigenvalue weighted by Crippen LogP contribution is -2.57. The molecule has 1 aliphatic rings. The molecule has 0 radical (unpaired) electrons. The number of phenols is 1. The molecule has 0 aliphatic carbocycles. The molecule has 0 bridgehead atoms. The first-order chi connectivity index (χ1) is 16.5. The summed E-state index contributed by atoms with van der Waals surface area (Å²) in [5, 5.41) is 32.6. The highest BCUT2D eigenvalue weighted by Crippen LogP contribution is 2.19. The van der Waals surface area contributed by atoms with Gasteiger partial charge in [-0.3, -0.25) is 19.2 Å². The highest BCUT2D eigenvalue weighted by Gasteiger charge is 2.37. The third-order valence-corrected chi connectivity index (χ3v) is 6.02. The lowest BCUT2D eigenvalue weighted by molar-refractivity contribution is -0.144. The second-order valence-electron chi connectivity index (χ2n) is 8.24. The van der Waals surface area contributed by atoms with Crippen LogP contribution in [-0.4, -0.2) is 86.3 Å². The van der Waals surface area contributed by atoms with Crippen molar-refractivity contribution < 1.29 is 39.3 Å². The van der Waals surface area contributed by atoms with Crippen LogP contribution in [0.3, 0.4) is 0 Å². The van der Waals surface area contributed by atoms with Gasteiger partial charge in [-0.15, -0.1) is 0 Å². The predicted octanol–water partition coefficient (Wildman–Crippen LogP) is -0.898. The van der Waals surface area contributed by atoms with E-state index in [1.165, 1.54) is 29.2 Å². The van der Waals surface area contributed by atoms with Gasteiger partial charge in [-0.25, -0.2) is 4.79 Å². The van der Waals surface area contributed by atoms with Gasteiger partial charge in [0.1, 0.15) is 23.9 Å². The van der Waals surface area contributed by atoms with Gasteiger partial charge < -0.3 is 36.6 Å². The van der Waals surface area contributed by atoms with Crippen molar-refractivity contribution in [3.8, 4) is 5.75 Å². The van der Waals surface area contributed by atoms with Crippen LogP contribution in [0.2, 0.25) is 0 Å². The Morgan fingerprint density at radius 1 is 1.09 bits per heavy atom. The molecule has 35 heavy (non-hydrogen) atoms. The van der Waals surface area contributed by atoms with Crippen molar-refractivity contribution in [1.82, 2.24) is 15.5 Å². The Bertz CT molecular complexity index is 942. The van der Waals surface area contributed by atoms with Crippen molar-refractivity contribution in [3.05, 3.63) is 29.8 Å². The van der Waals surface area contributed by atoms with Gasteiger partial charge >= 0.3 is 11.9 Å². The maximum Gasteiger partial charge on any atom is 0.326 e. The summed E-state index contributed by atoms with van der Waals surface area (Å²) < 4.78 is 0. The van der Waals surface area contributed by atoms with E-state index in [9.17, 15) is 34.2 Å². The minimum atomic E-state index is -1.48. The molecule has 4 atom stereocenters. The Balaban J connectivity index is 2.21. The largest absolute Gasteiger partial charge is 0.508 e. The summed E-state index contributed by atoms with van der Waals surface area (Å²) in [7, 11) is 0. The summed E-state index contributed by atoms with van der Waals surface area (Å²) in [5.41, 5.74) is 6.34. The number of rotatable bonds is 12. The fraction of sp³-hybridized carbons (Fsp3) is 0.500. The van der Waals surface area contributed by atoms with Gasteiger partial charge in [-0.05, 0) is 37.0 Å². The van der Waals surface area contributed by atoms with Gasteiger partial charge in [-0.2, -0.15) is 12.6 Å². The van der Waals surface area contributed by atoms with Gasteiger partial charge in [0, 0.05) is 25.1 Å². The van der Waals surface area contributed by atoms with Gasteiger partial charge in [-0.1, -0.05) is 12.1 Å². The third-order valence-electron chi connectivity index (χ3n) is 5.62. The topological polar surface area (TPSA) is 199 Å². The first-order valence-electron chi connectivity index (χ1n) is 11.0. The molecule has 1 fully saturated rings. The second-order valence-corrected chi connectivity index (χ2v) is 8.61. The highest BCUT2D eigenvalue weighted by molar-refractivity contribution is 7.80. The van der Waals surface area contributed by atoms with E-state index in [2.05, 4.69) is 23.3 Å². The number of carbonyl (C=O) groups is 5. The van der Waals surface area contributed by atoms with Gasteiger partial charge in [0.2, 0.25) is 17.7 Å². The number of nitrogens with one attached hydrogen (secondary N) is 2. The zero-order chi connectivity index (χ0) is 26.1. The van der Waals surface area contributed by atoms with E-state index in [1.807, 2.05) is 0 Å². The molecule has 4 unspecified atom stereocenters. The van der Waals surface area contributed by atoms with E-state index in [0.29, 0.717) is 24.9 Å². The van der Waals surface area contributed by atoms with Crippen molar-refractivity contribution in [2.75, 3.05) is 12.3 Å². The first-order valence-corrected chi connectivity index (χ1v) is 11.7. The second kappa shape index (κ2) is 13.0. The van der Waals surface area contributed by atoms with E-state index in [-0.39, 0.29) is 24.3 Å². The number of nitrogens with two attached hydrogens (primary N) is 1. The number of aromatic hydroxyl groups is 1. The number of carbonyl (C=O) groups excluding carboxylic acids is 3. The quantitative estimate of drug-likeness (QED) is 0.174. The Morgan fingerprint density at radius 3 is 2.31 bits per heavy atom. The van der Waals surface area contributed by atoms with Crippen LogP contribution in [0.1, 0.15) is 31.2 Å². The average Bonchev–Trinajstić information content (AvgIpc) is 3.31. The molecule has 1 aromatic carbocycles. The number of amides is 3. The van der Waals surface area contributed by atoms with Crippen molar-refractivity contribution >= 4 is 42.3 Å². The molecular weight excluding hydrogens is 480 g/mol. The monoisotopic (exact) mass is 510 g/mol. The van der Waals surface area contributed by atoms with Crippen molar-refractivity contribution in [2.45, 2.75) is 56.3 Å². The van der Waals surface area contributed by atoms with Crippen LogP contribution in [0, 0.1) is 0 Å². The van der Waals surface area contributed by atoms with Crippen LogP contribution < -0.4 is 16.4 Å². The van der Waals surface area contributed by atoms with Crippen molar-refractivity contribution in [2.24, 2.45) is 5.73 Å². The molecule has 12 nitrogen and oxygen atoms in total. The first kappa shape index (κ1) is 27.9. The van der Waals surface area contributed by atoms with Crippen LogP contribution in [0.25, 0.3) is 0 Å². The zero-order valence-corrected chi connectivity index (χ0v) is 19.8. The summed E-state index contributed by atoms with van der Waals surface area (Å²) >= 11 is 4.02. The molecule has 7 N–H and O–H groups in total. The molecule has 1 aromatic rings. The zero-order valence-electron chi connectivity index (χ0n) is 18.9. The molecule has 1 aliphatic heterocycles. The fourth-order valence-electron chi connectivity index (χ4n) is 3.74. The average molecular weight is 511 g/mol. The molecule has 0 aromatic heterocycles. The molecular formula is C22H30N4O8S. The number of thiol groups is 1. The lowest BCUT2D eigenvalue weighted by Gasteiger charge is -2.28. The van der Waals surface area contributed by atoms with E-state index < -0.39 is 60.2 Å². The smallest absolute Gasteiger partial charge is 0.326 e. The normalized spacial score (nSPS) is 17.8. The predicted molar refractivity (Wildman–Crippen MR) is 127 cm³/mol. The van der Waals surface area contributed by atoms with Crippen LogP contribution in [-0.2, 0) is 30.4 Å². The summed E-state index contributed by atoms with van der Waals surface area (Å²) in [4.78, 5) is 62.3. The van der Waals surface area contributed by atoms with Gasteiger partial charge in [0.15, 0.2) is 0 Å². The number of hydrogen-bond donors (Lipinski definition) is 7.